The second-order valence-electron chi connectivity index (χ2n) is 7.47. The molecule has 0 saturated carbocycles. The number of nitrogens with zero attached hydrogens (tertiary/aromatic N) is 1. The van der Waals surface area contributed by atoms with Gasteiger partial charge in [-0.05, 0) is 80.5 Å². The Labute approximate surface area is 186 Å². The summed E-state index contributed by atoms with van der Waals surface area (Å²) in [4.78, 5) is 5.63. The van der Waals surface area contributed by atoms with E-state index in [1.165, 1.54) is 27.7 Å². The molecule has 4 nitrogen and oxygen atoms in total. The average Bonchev–Trinajstić information content (AvgIpc) is 3.32. The normalized spacial score (nSPS) is 11.0. The van der Waals surface area contributed by atoms with Gasteiger partial charge in [0.05, 0.1) is 12.8 Å². The van der Waals surface area contributed by atoms with Crippen LogP contribution in [0.5, 0.6) is 0 Å². The fourth-order valence-corrected chi connectivity index (χ4v) is 4.14. The van der Waals surface area contributed by atoms with Gasteiger partial charge in [-0.2, -0.15) is 0 Å². The molecule has 0 aliphatic carbocycles. The van der Waals surface area contributed by atoms with Crippen molar-refractivity contribution in [2.45, 2.75) is 26.8 Å². The van der Waals surface area contributed by atoms with Crippen LogP contribution in [0.4, 0.5) is 5.69 Å². The molecule has 154 valence electrons. The Morgan fingerprint density at radius 2 is 2.00 bits per heavy atom. The number of halogens is 1. The predicted molar refractivity (Wildman–Crippen MR) is 128 cm³/mol. The number of anilines is 1. The van der Waals surface area contributed by atoms with Crippen molar-refractivity contribution in [2.75, 3.05) is 11.9 Å². The van der Waals surface area contributed by atoms with Gasteiger partial charge in [0.1, 0.15) is 5.76 Å². The van der Waals surface area contributed by atoms with E-state index in [4.69, 9.17) is 28.2 Å². The first-order valence-electron chi connectivity index (χ1n) is 9.91. The molecule has 0 aliphatic heterocycles. The fraction of sp³-hybridized carbons (Fsp3) is 0.208. The summed E-state index contributed by atoms with van der Waals surface area (Å²) in [5, 5.41) is 5.90. The molecule has 0 aliphatic rings. The van der Waals surface area contributed by atoms with Crippen molar-refractivity contribution in [3.63, 3.8) is 0 Å². The number of thiocarbonyl (C=S) groups is 1. The lowest BCUT2D eigenvalue weighted by Crippen LogP contribution is -2.35. The van der Waals surface area contributed by atoms with Crippen LogP contribution in [0.15, 0.2) is 65.3 Å². The summed E-state index contributed by atoms with van der Waals surface area (Å²) in [5.41, 5.74) is 5.82. The Hall–Kier alpha value is -2.76. The van der Waals surface area contributed by atoms with E-state index < -0.39 is 0 Å². The summed E-state index contributed by atoms with van der Waals surface area (Å²) < 4.78 is 5.57. The highest BCUT2D eigenvalue weighted by Gasteiger charge is 2.15. The SMILES string of the molecule is Cc1ccc2[nH]c(C)c(CCN(Cc3ccco3)C(=S)Nc3cccc(Cl)c3)c2c1. The van der Waals surface area contributed by atoms with E-state index in [1.54, 1.807) is 6.26 Å². The van der Waals surface area contributed by atoms with Crippen molar-refractivity contribution in [3.8, 4) is 0 Å². The molecule has 0 saturated heterocycles. The van der Waals surface area contributed by atoms with E-state index in [0.29, 0.717) is 16.7 Å². The molecule has 0 unspecified atom stereocenters. The number of rotatable bonds is 6. The zero-order chi connectivity index (χ0) is 21.1. The first-order chi connectivity index (χ1) is 14.5. The van der Waals surface area contributed by atoms with Gasteiger partial charge in [-0.1, -0.05) is 29.3 Å². The molecule has 2 aromatic heterocycles. The summed E-state index contributed by atoms with van der Waals surface area (Å²) in [5.74, 6) is 0.872. The number of hydrogen-bond donors (Lipinski definition) is 2. The number of fused-ring (bicyclic) bond motifs is 1. The Balaban J connectivity index is 1.55. The van der Waals surface area contributed by atoms with Crippen LogP contribution in [0.3, 0.4) is 0 Å². The van der Waals surface area contributed by atoms with Crippen molar-refractivity contribution >= 4 is 45.5 Å². The molecule has 0 radical (unpaired) electrons. The molecule has 2 N–H and O–H groups in total. The van der Waals surface area contributed by atoms with Gasteiger partial charge in [-0.3, -0.25) is 0 Å². The summed E-state index contributed by atoms with van der Waals surface area (Å²) in [6, 6.07) is 18.0. The fourth-order valence-electron chi connectivity index (χ4n) is 3.68. The monoisotopic (exact) mass is 437 g/mol. The topological polar surface area (TPSA) is 44.2 Å². The van der Waals surface area contributed by atoms with Crippen molar-refractivity contribution in [2.24, 2.45) is 0 Å². The Kier molecular flexibility index (Phi) is 6.11. The maximum atomic E-state index is 6.12. The predicted octanol–water partition coefficient (Wildman–Crippen LogP) is 6.47. The number of furan rings is 1. The molecule has 0 atom stereocenters. The number of benzene rings is 2. The smallest absolute Gasteiger partial charge is 0.173 e. The lowest BCUT2D eigenvalue weighted by atomic mass is 10.1. The van der Waals surface area contributed by atoms with Gasteiger partial charge >= 0.3 is 0 Å². The Morgan fingerprint density at radius 3 is 2.77 bits per heavy atom. The summed E-state index contributed by atoms with van der Waals surface area (Å²) in [6.07, 6.45) is 2.56. The lowest BCUT2D eigenvalue weighted by Gasteiger charge is -2.25. The molecule has 0 spiro atoms. The van der Waals surface area contributed by atoms with Crippen molar-refractivity contribution in [1.82, 2.24) is 9.88 Å². The molecule has 6 heteroatoms. The zero-order valence-corrected chi connectivity index (χ0v) is 18.6. The van der Waals surface area contributed by atoms with Crippen LogP contribution in [0.1, 0.15) is 22.6 Å². The third kappa shape index (κ3) is 4.69. The number of nitrogens with one attached hydrogen (secondary N) is 2. The number of H-pyrrole nitrogens is 1. The highest BCUT2D eigenvalue weighted by molar-refractivity contribution is 7.80. The van der Waals surface area contributed by atoms with E-state index in [0.717, 1.165) is 24.4 Å². The maximum Gasteiger partial charge on any atom is 0.173 e. The number of aryl methyl sites for hydroxylation is 2. The Bertz CT molecular complexity index is 1170. The van der Waals surface area contributed by atoms with E-state index in [2.05, 4.69) is 47.2 Å². The lowest BCUT2D eigenvalue weighted by molar-refractivity contribution is 0.368. The molecule has 0 fully saturated rings. The Morgan fingerprint density at radius 1 is 1.13 bits per heavy atom. The van der Waals surface area contributed by atoms with E-state index >= 15 is 0 Å². The van der Waals surface area contributed by atoms with Gasteiger partial charge in [-0.25, -0.2) is 0 Å². The standard InChI is InChI=1S/C24H24ClN3OS/c1-16-8-9-23-22(13-16)21(17(2)26-23)10-11-28(15-20-7-4-12-29-20)24(30)27-19-6-3-5-18(25)14-19/h3-9,12-14,26H,10-11,15H2,1-2H3,(H,27,30). The van der Waals surface area contributed by atoms with Gasteiger partial charge in [0.2, 0.25) is 0 Å². The number of aromatic nitrogens is 1. The molecule has 2 heterocycles. The van der Waals surface area contributed by atoms with E-state index in [9.17, 15) is 0 Å². The van der Waals surface area contributed by atoms with Crippen LogP contribution >= 0.6 is 23.8 Å². The second-order valence-corrected chi connectivity index (χ2v) is 8.29. The highest BCUT2D eigenvalue weighted by Crippen LogP contribution is 2.24. The molecule has 0 amide bonds. The summed E-state index contributed by atoms with van der Waals surface area (Å²) in [7, 11) is 0. The first-order valence-corrected chi connectivity index (χ1v) is 10.7. The second kappa shape index (κ2) is 8.94. The molecule has 2 aromatic carbocycles. The maximum absolute atomic E-state index is 6.12. The number of aromatic amines is 1. The van der Waals surface area contributed by atoms with Crippen molar-refractivity contribution < 1.29 is 4.42 Å². The minimum absolute atomic E-state index is 0.597. The quantitative estimate of drug-likeness (QED) is 0.339. The molecule has 4 rings (SSSR count). The zero-order valence-electron chi connectivity index (χ0n) is 17.0. The first kappa shape index (κ1) is 20.5. The van der Waals surface area contributed by atoms with Crippen molar-refractivity contribution in [1.29, 1.82) is 0 Å². The number of hydrogen-bond acceptors (Lipinski definition) is 2. The van der Waals surface area contributed by atoms with Gasteiger partial charge in [-0.15, -0.1) is 0 Å². The van der Waals surface area contributed by atoms with Crippen LogP contribution in [-0.4, -0.2) is 21.5 Å². The minimum Gasteiger partial charge on any atom is -0.467 e. The van der Waals surface area contributed by atoms with Crippen molar-refractivity contribution in [3.05, 3.63) is 88.5 Å². The molecular weight excluding hydrogens is 414 g/mol. The average molecular weight is 438 g/mol. The third-order valence-corrected chi connectivity index (χ3v) is 5.79. The van der Waals surface area contributed by atoms with Gasteiger partial charge < -0.3 is 19.6 Å². The molecule has 4 aromatic rings. The largest absolute Gasteiger partial charge is 0.467 e. The van der Waals surface area contributed by atoms with E-state index in [1.807, 2.05) is 36.4 Å². The van der Waals surface area contributed by atoms with Crippen LogP contribution in [-0.2, 0) is 13.0 Å². The highest BCUT2D eigenvalue weighted by atomic mass is 35.5. The van der Waals surface area contributed by atoms with Crippen LogP contribution in [0.2, 0.25) is 5.02 Å². The van der Waals surface area contributed by atoms with Gasteiger partial charge in [0.15, 0.2) is 5.11 Å². The van der Waals surface area contributed by atoms with Crippen LogP contribution in [0, 0.1) is 13.8 Å². The molecular formula is C24H24ClN3OS. The molecule has 30 heavy (non-hydrogen) atoms. The molecule has 0 bridgehead atoms. The summed E-state index contributed by atoms with van der Waals surface area (Å²) >= 11 is 11.9. The van der Waals surface area contributed by atoms with E-state index in [-0.39, 0.29) is 0 Å². The third-order valence-electron chi connectivity index (χ3n) is 5.20. The van der Waals surface area contributed by atoms with Gasteiger partial charge in [0, 0.05) is 33.9 Å². The van der Waals surface area contributed by atoms with Crippen LogP contribution < -0.4 is 5.32 Å². The van der Waals surface area contributed by atoms with Crippen LogP contribution in [0.25, 0.3) is 10.9 Å². The minimum atomic E-state index is 0.597. The van der Waals surface area contributed by atoms with Gasteiger partial charge in [0.25, 0.3) is 0 Å². The summed E-state index contributed by atoms with van der Waals surface area (Å²) in [6.45, 7) is 5.61.